The number of oxime groups is 1. The van der Waals surface area contributed by atoms with Crippen molar-refractivity contribution in [3.8, 4) is 0 Å². The number of carbonyl (C=O) groups is 2. The fourth-order valence-electron chi connectivity index (χ4n) is 4.32. The van der Waals surface area contributed by atoms with Crippen LogP contribution in [0.1, 0.15) is 71.6 Å². The van der Waals surface area contributed by atoms with E-state index in [2.05, 4.69) is 5.16 Å². The largest absolute Gasteiger partial charge is 0.511 e. The van der Waals surface area contributed by atoms with Gasteiger partial charge in [-0.2, -0.15) is 11.8 Å². The number of nitrogens with zero attached hydrogens (tertiary/aromatic N) is 1. The van der Waals surface area contributed by atoms with Gasteiger partial charge in [0.05, 0.1) is 17.0 Å². The number of hydrogen-bond acceptors (Lipinski definition) is 6. The summed E-state index contributed by atoms with van der Waals surface area (Å²) in [4.78, 5) is 30.7. The monoisotopic (exact) mass is 417 g/mol. The van der Waals surface area contributed by atoms with Crippen LogP contribution in [0.3, 0.4) is 0 Å². The van der Waals surface area contributed by atoms with E-state index < -0.39 is 0 Å². The first-order valence-corrected chi connectivity index (χ1v) is 11.4. The Morgan fingerprint density at radius 1 is 1.24 bits per heavy atom. The molecule has 0 saturated heterocycles. The van der Waals surface area contributed by atoms with Crippen molar-refractivity contribution in [1.29, 1.82) is 0 Å². The Morgan fingerprint density at radius 3 is 2.48 bits per heavy atom. The van der Waals surface area contributed by atoms with Crippen molar-refractivity contribution in [2.75, 3.05) is 18.6 Å². The van der Waals surface area contributed by atoms with Crippen molar-refractivity contribution in [3.05, 3.63) is 45.2 Å². The van der Waals surface area contributed by atoms with E-state index in [9.17, 15) is 14.7 Å². The summed E-state index contributed by atoms with van der Waals surface area (Å²) in [7, 11) is 0. The van der Waals surface area contributed by atoms with Gasteiger partial charge in [-0.3, -0.25) is 9.59 Å². The Balaban J connectivity index is 2.49. The lowest BCUT2D eigenvalue weighted by Crippen LogP contribution is -2.25. The molecule has 0 radical (unpaired) electrons. The molecule has 1 aromatic rings. The number of allylic oxidation sites excluding steroid dienone is 2. The van der Waals surface area contributed by atoms with E-state index >= 15 is 0 Å². The van der Waals surface area contributed by atoms with Crippen molar-refractivity contribution >= 4 is 29.0 Å². The molecule has 0 spiro atoms. The highest BCUT2D eigenvalue weighted by Crippen LogP contribution is 2.39. The van der Waals surface area contributed by atoms with Gasteiger partial charge in [0.25, 0.3) is 0 Å². The van der Waals surface area contributed by atoms with E-state index in [1.807, 2.05) is 46.9 Å². The Hall–Kier alpha value is -2.08. The van der Waals surface area contributed by atoms with Crippen LogP contribution in [-0.4, -0.2) is 41.0 Å². The molecule has 5 nitrogen and oxygen atoms in total. The maximum absolute atomic E-state index is 12.9. The zero-order valence-corrected chi connectivity index (χ0v) is 19.0. The van der Waals surface area contributed by atoms with E-state index in [1.54, 1.807) is 0 Å². The van der Waals surface area contributed by atoms with Crippen molar-refractivity contribution in [2.24, 2.45) is 5.16 Å². The topological polar surface area (TPSA) is 76.0 Å². The number of benzene rings is 1. The van der Waals surface area contributed by atoms with Crippen LogP contribution in [0.15, 0.2) is 22.6 Å². The van der Waals surface area contributed by atoms with E-state index in [0.29, 0.717) is 36.5 Å². The predicted molar refractivity (Wildman–Crippen MR) is 119 cm³/mol. The van der Waals surface area contributed by atoms with Crippen LogP contribution in [0.2, 0.25) is 0 Å². The van der Waals surface area contributed by atoms with Crippen molar-refractivity contribution in [2.45, 2.75) is 59.8 Å². The molecular weight excluding hydrogens is 386 g/mol. The second kappa shape index (κ2) is 10.1. The number of ketones is 2. The van der Waals surface area contributed by atoms with Crippen LogP contribution in [0.5, 0.6) is 0 Å². The molecular formula is C23H31NO4S. The van der Waals surface area contributed by atoms with Gasteiger partial charge in [-0.05, 0) is 68.5 Å². The highest BCUT2D eigenvalue weighted by atomic mass is 32.2. The molecule has 1 atom stereocenters. The van der Waals surface area contributed by atoms with Crippen LogP contribution in [-0.2, 0) is 9.63 Å². The van der Waals surface area contributed by atoms with Crippen molar-refractivity contribution in [3.63, 3.8) is 0 Å². The predicted octanol–water partition coefficient (Wildman–Crippen LogP) is 5.22. The summed E-state index contributed by atoms with van der Waals surface area (Å²) >= 11 is 1.50. The smallest absolute Gasteiger partial charge is 0.173 e. The number of aliphatic hydroxyl groups excluding tert-OH is 1. The number of carbonyl (C=O) groups excluding carboxylic acids is 2. The van der Waals surface area contributed by atoms with E-state index in [4.69, 9.17) is 4.84 Å². The van der Waals surface area contributed by atoms with Crippen molar-refractivity contribution in [1.82, 2.24) is 0 Å². The minimum atomic E-state index is -0.155. The highest BCUT2D eigenvalue weighted by Gasteiger charge is 2.33. The highest BCUT2D eigenvalue weighted by molar-refractivity contribution is 7.99. The molecule has 158 valence electrons. The summed E-state index contributed by atoms with van der Waals surface area (Å²) in [6.07, 6.45) is 3.06. The molecule has 1 N–H and O–H groups in total. The molecule has 0 fully saturated rings. The molecule has 1 unspecified atom stereocenters. The quantitative estimate of drug-likeness (QED) is 0.357. The molecule has 0 aromatic heterocycles. The molecule has 0 aliphatic heterocycles. The summed E-state index contributed by atoms with van der Waals surface area (Å²) in [5.41, 5.74) is 5.46. The molecule has 0 bridgehead atoms. The second-order valence-corrected chi connectivity index (χ2v) is 8.31. The lowest BCUT2D eigenvalue weighted by molar-refractivity contribution is -0.116. The standard InChI is InChI=1S/C23H31NO4S/c1-7-17(24-28-8-2)23-18(25)10-16(11-19(23)26)21-13(3)9-14(4)22(15(21)5)20(27)12-29-6/h9,16,25H,7-8,10-12H2,1-6H3/b24-17-. The van der Waals surface area contributed by atoms with E-state index in [-0.39, 0.29) is 29.7 Å². The maximum atomic E-state index is 12.9. The fourth-order valence-corrected chi connectivity index (χ4v) is 4.72. The van der Waals surface area contributed by atoms with Crippen LogP contribution in [0.25, 0.3) is 0 Å². The molecule has 0 saturated carbocycles. The zero-order valence-electron chi connectivity index (χ0n) is 18.2. The number of aryl methyl sites for hydroxylation is 2. The van der Waals surface area contributed by atoms with Crippen LogP contribution >= 0.6 is 11.8 Å². The molecule has 6 heteroatoms. The van der Waals surface area contributed by atoms with E-state index in [0.717, 1.165) is 27.8 Å². The third kappa shape index (κ3) is 4.92. The molecule has 1 aliphatic rings. The maximum Gasteiger partial charge on any atom is 0.173 e. The minimum absolute atomic E-state index is 0.0583. The van der Waals surface area contributed by atoms with Gasteiger partial charge in [-0.25, -0.2) is 0 Å². The normalized spacial score (nSPS) is 17.7. The van der Waals surface area contributed by atoms with Gasteiger partial charge in [-0.1, -0.05) is 18.1 Å². The molecule has 0 heterocycles. The summed E-state index contributed by atoms with van der Waals surface area (Å²) < 4.78 is 0. The van der Waals surface area contributed by atoms with Gasteiger partial charge in [0.1, 0.15) is 12.4 Å². The SMILES string of the molecule is CCO/N=C(/CC)C1=C(O)CC(c2c(C)cc(C)c(C(=O)CSC)c2C)CC1=O. The lowest BCUT2D eigenvalue weighted by Gasteiger charge is -2.28. The van der Waals surface area contributed by atoms with Crippen molar-refractivity contribution < 1.29 is 19.5 Å². The number of aliphatic hydroxyl groups is 1. The first-order chi connectivity index (χ1) is 13.8. The molecule has 1 aliphatic carbocycles. The van der Waals surface area contributed by atoms with Gasteiger partial charge < -0.3 is 9.94 Å². The second-order valence-electron chi connectivity index (χ2n) is 7.44. The minimum Gasteiger partial charge on any atom is -0.511 e. The number of rotatable bonds is 8. The molecule has 0 amide bonds. The summed E-state index contributed by atoms with van der Waals surface area (Å²) in [6, 6.07) is 2.02. The molecule has 29 heavy (non-hydrogen) atoms. The third-order valence-electron chi connectivity index (χ3n) is 5.36. The number of Topliss-reactive ketones (excluding diaryl/α,β-unsaturated/α-hetero) is 2. The number of thioether (sulfide) groups is 1. The van der Waals surface area contributed by atoms with Gasteiger partial charge in [-0.15, -0.1) is 0 Å². The van der Waals surface area contributed by atoms with Crippen LogP contribution in [0.4, 0.5) is 0 Å². The number of hydrogen-bond donors (Lipinski definition) is 1. The van der Waals surface area contributed by atoms with Gasteiger partial charge >= 0.3 is 0 Å². The average molecular weight is 418 g/mol. The van der Waals surface area contributed by atoms with Gasteiger partial charge in [0.15, 0.2) is 11.6 Å². The van der Waals surface area contributed by atoms with E-state index in [1.165, 1.54) is 11.8 Å². The van der Waals surface area contributed by atoms with Gasteiger partial charge in [0.2, 0.25) is 0 Å². The van der Waals surface area contributed by atoms with Gasteiger partial charge in [0, 0.05) is 18.4 Å². The Kier molecular flexibility index (Phi) is 8.08. The van der Waals surface area contributed by atoms with Crippen LogP contribution in [0, 0.1) is 20.8 Å². The molecule has 2 rings (SSSR count). The molecule has 1 aromatic carbocycles. The first-order valence-electron chi connectivity index (χ1n) is 10.0. The summed E-state index contributed by atoms with van der Waals surface area (Å²) in [5.74, 6) is 0.307. The summed E-state index contributed by atoms with van der Waals surface area (Å²) in [6.45, 7) is 10.0. The average Bonchev–Trinajstić information content (AvgIpc) is 2.63. The fraction of sp³-hybridized carbons (Fsp3) is 0.522. The van der Waals surface area contributed by atoms with Crippen LogP contribution < -0.4 is 0 Å². The lowest BCUT2D eigenvalue weighted by atomic mass is 9.76. The Bertz CT molecular complexity index is 870. The third-order valence-corrected chi connectivity index (χ3v) is 5.91. The zero-order chi connectivity index (χ0) is 21.7. The first kappa shape index (κ1) is 23.2. The Labute approximate surface area is 177 Å². The summed E-state index contributed by atoms with van der Waals surface area (Å²) in [5, 5.41) is 14.7. The Morgan fingerprint density at radius 2 is 1.93 bits per heavy atom.